The number of aliphatic carboxylic acids is 1. The molecule has 1 aromatic rings. The molecule has 0 aromatic heterocycles. The highest BCUT2D eigenvalue weighted by atomic mass is 16.4. The van der Waals surface area contributed by atoms with Gasteiger partial charge in [0.2, 0.25) is 0 Å². The number of rotatable bonds is 5. The second kappa shape index (κ2) is 5.87. The number of hydrogen-bond acceptors (Lipinski definition) is 5. The summed E-state index contributed by atoms with van der Waals surface area (Å²) < 4.78 is 0. The summed E-state index contributed by atoms with van der Waals surface area (Å²) in [5.41, 5.74) is 0.120. The van der Waals surface area contributed by atoms with Crippen molar-refractivity contribution in [3.8, 4) is 11.5 Å². The largest absolute Gasteiger partial charge is 0.504 e. The van der Waals surface area contributed by atoms with E-state index < -0.39 is 23.7 Å². The Bertz CT molecular complexity index is 459. The zero-order valence-electron chi connectivity index (χ0n) is 9.33. The fourth-order valence-corrected chi connectivity index (χ4v) is 1.21. The molecule has 0 aliphatic carbocycles. The number of phenolic OH excluding ortho intramolecular Hbond substituents is 2. The van der Waals surface area contributed by atoms with Crippen LogP contribution in [-0.2, 0) is 4.79 Å². The summed E-state index contributed by atoms with van der Waals surface area (Å²) in [4.78, 5) is 21.8. The van der Waals surface area contributed by atoms with Crippen LogP contribution in [0.15, 0.2) is 18.2 Å². The van der Waals surface area contributed by atoms with E-state index >= 15 is 0 Å². The predicted molar refractivity (Wildman–Crippen MR) is 60.4 cm³/mol. The van der Waals surface area contributed by atoms with Gasteiger partial charge in [-0.15, -0.1) is 0 Å². The van der Waals surface area contributed by atoms with Gasteiger partial charge in [0.15, 0.2) is 17.6 Å². The molecule has 1 amide bonds. The molecule has 0 fully saturated rings. The number of phenols is 2. The van der Waals surface area contributed by atoms with Crippen molar-refractivity contribution in [1.29, 1.82) is 0 Å². The van der Waals surface area contributed by atoms with Gasteiger partial charge in [0, 0.05) is 18.5 Å². The number of aliphatic hydroxyl groups is 1. The fraction of sp³-hybridized carbons (Fsp3) is 0.273. The van der Waals surface area contributed by atoms with Crippen LogP contribution in [0.5, 0.6) is 11.5 Å². The summed E-state index contributed by atoms with van der Waals surface area (Å²) in [5, 5.41) is 38.0. The minimum Gasteiger partial charge on any atom is -0.504 e. The quantitative estimate of drug-likeness (QED) is 0.458. The second-order valence-electron chi connectivity index (χ2n) is 3.60. The van der Waals surface area contributed by atoms with Crippen LogP contribution in [0.25, 0.3) is 0 Å². The molecule has 0 aliphatic rings. The maximum Gasteiger partial charge on any atom is 0.332 e. The van der Waals surface area contributed by atoms with Crippen molar-refractivity contribution in [3.05, 3.63) is 23.8 Å². The van der Waals surface area contributed by atoms with E-state index in [-0.39, 0.29) is 24.3 Å². The highest BCUT2D eigenvalue weighted by molar-refractivity contribution is 5.94. The number of carboxylic acid groups (broad SMARTS) is 1. The molecule has 1 unspecified atom stereocenters. The van der Waals surface area contributed by atoms with Gasteiger partial charge < -0.3 is 25.7 Å². The zero-order valence-corrected chi connectivity index (χ0v) is 9.33. The molecule has 0 aliphatic heterocycles. The Morgan fingerprint density at radius 2 is 1.89 bits per heavy atom. The Hall–Kier alpha value is -2.28. The van der Waals surface area contributed by atoms with Crippen molar-refractivity contribution in [2.75, 3.05) is 6.54 Å². The summed E-state index contributed by atoms with van der Waals surface area (Å²) in [5.74, 6) is -2.66. The van der Waals surface area contributed by atoms with Crippen LogP contribution in [0, 0.1) is 0 Å². The van der Waals surface area contributed by atoms with Crippen LogP contribution in [-0.4, -0.2) is 45.0 Å². The standard InChI is InChI=1S/C11H13NO6/c13-7-2-1-6(5-9(7)15)10(16)12-4-3-8(14)11(17)18/h1-2,5,8,13-15H,3-4H2,(H,12,16)(H,17,18). The third kappa shape index (κ3) is 3.63. The molecule has 7 heteroatoms. The minimum absolute atomic E-state index is 0.0199. The van der Waals surface area contributed by atoms with Gasteiger partial charge >= 0.3 is 5.97 Å². The molecule has 1 atom stereocenters. The SMILES string of the molecule is O=C(NCCC(O)C(=O)O)c1ccc(O)c(O)c1. The van der Waals surface area contributed by atoms with E-state index in [1.165, 1.54) is 6.07 Å². The van der Waals surface area contributed by atoms with Crippen molar-refractivity contribution in [2.24, 2.45) is 0 Å². The molecule has 1 rings (SSSR count). The zero-order chi connectivity index (χ0) is 13.7. The summed E-state index contributed by atoms with van der Waals surface area (Å²) in [7, 11) is 0. The van der Waals surface area contributed by atoms with Gasteiger partial charge in [-0.05, 0) is 18.2 Å². The number of aromatic hydroxyl groups is 2. The van der Waals surface area contributed by atoms with Crippen LogP contribution in [0.1, 0.15) is 16.8 Å². The molecule has 0 saturated carbocycles. The van der Waals surface area contributed by atoms with Crippen LogP contribution in [0.2, 0.25) is 0 Å². The van der Waals surface area contributed by atoms with Gasteiger partial charge in [-0.25, -0.2) is 4.79 Å². The number of carbonyl (C=O) groups is 2. The molecule has 0 bridgehead atoms. The normalized spacial score (nSPS) is 11.8. The molecule has 98 valence electrons. The van der Waals surface area contributed by atoms with Crippen LogP contribution in [0.4, 0.5) is 0 Å². The van der Waals surface area contributed by atoms with E-state index in [9.17, 15) is 14.7 Å². The Labute approximate surface area is 102 Å². The first-order chi connectivity index (χ1) is 8.41. The Morgan fingerprint density at radius 1 is 1.22 bits per heavy atom. The van der Waals surface area contributed by atoms with Gasteiger partial charge in [-0.1, -0.05) is 0 Å². The lowest BCUT2D eigenvalue weighted by molar-refractivity contribution is -0.146. The first-order valence-corrected chi connectivity index (χ1v) is 5.13. The number of nitrogens with one attached hydrogen (secondary N) is 1. The summed E-state index contributed by atoms with van der Waals surface area (Å²) in [6, 6.07) is 3.55. The van der Waals surface area contributed by atoms with Crippen molar-refractivity contribution in [2.45, 2.75) is 12.5 Å². The topological polar surface area (TPSA) is 127 Å². The van der Waals surface area contributed by atoms with Crippen molar-refractivity contribution >= 4 is 11.9 Å². The maximum absolute atomic E-state index is 11.5. The molecule has 5 N–H and O–H groups in total. The van der Waals surface area contributed by atoms with E-state index in [1.807, 2.05) is 0 Å². The lowest BCUT2D eigenvalue weighted by atomic mass is 10.2. The molecular formula is C11H13NO6. The number of carbonyl (C=O) groups excluding carboxylic acids is 1. The van der Waals surface area contributed by atoms with Crippen LogP contribution < -0.4 is 5.32 Å². The first-order valence-electron chi connectivity index (χ1n) is 5.13. The van der Waals surface area contributed by atoms with E-state index in [0.29, 0.717) is 0 Å². The lowest BCUT2D eigenvalue weighted by Crippen LogP contribution is -2.30. The summed E-state index contributed by atoms with van der Waals surface area (Å²) >= 11 is 0. The molecule has 18 heavy (non-hydrogen) atoms. The average molecular weight is 255 g/mol. The number of hydrogen-bond donors (Lipinski definition) is 5. The summed E-state index contributed by atoms with van der Waals surface area (Å²) in [6.45, 7) is -0.0199. The van der Waals surface area contributed by atoms with Gasteiger partial charge in [0.1, 0.15) is 0 Å². The van der Waals surface area contributed by atoms with E-state index in [0.717, 1.165) is 12.1 Å². The molecule has 7 nitrogen and oxygen atoms in total. The smallest absolute Gasteiger partial charge is 0.332 e. The van der Waals surface area contributed by atoms with Gasteiger partial charge in [-0.3, -0.25) is 4.79 Å². The van der Waals surface area contributed by atoms with Crippen LogP contribution >= 0.6 is 0 Å². The first kappa shape index (κ1) is 13.8. The molecule has 0 spiro atoms. The van der Waals surface area contributed by atoms with E-state index in [1.54, 1.807) is 0 Å². The Balaban J connectivity index is 2.50. The minimum atomic E-state index is -1.53. The van der Waals surface area contributed by atoms with Gasteiger partial charge in [0.05, 0.1) is 0 Å². The molecule has 0 radical (unpaired) electrons. The van der Waals surface area contributed by atoms with Gasteiger partial charge in [-0.2, -0.15) is 0 Å². The Kier molecular flexibility index (Phi) is 4.50. The number of benzene rings is 1. The molecule has 0 saturated heterocycles. The highest BCUT2D eigenvalue weighted by Crippen LogP contribution is 2.24. The highest BCUT2D eigenvalue weighted by Gasteiger charge is 2.13. The third-order valence-electron chi connectivity index (χ3n) is 2.23. The van der Waals surface area contributed by atoms with Crippen molar-refractivity contribution in [3.63, 3.8) is 0 Å². The molecule has 0 heterocycles. The summed E-state index contributed by atoms with van der Waals surface area (Å²) in [6.07, 6.45) is -1.65. The van der Waals surface area contributed by atoms with Gasteiger partial charge in [0.25, 0.3) is 5.91 Å². The second-order valence-corrected chi connectivity index (χ2v) is 3.60. The van der Waals surface area contributed by atoms with E-state index in [4.69, 9.17) is 15.3 Å². The third-order valence-corrected chi connectivity index (χ3v) is 2.23. The van der Waals surface area contributed by atoms with Crippen LogP contribution in [0.3, 0.4) is 0 Å². The average Bonchev–Trinajstić information content (AvgIpc) is 2.32. The fourth-order valence-electron chi connectivity index (χ4n) is 1.21. The number of carboxylic acids is 1. The molecule has 1 aromatic carbocycles. The Morgan fingerprint density at radius 3 is 2.44 bits per heavy atom. The maximum atomic E-state index is 11.5. The lowest BCUT2D eigenvalue weighted by Gasteiger charge is -2.08. The number of aliphatic hydroxyl groups excluding tert-OH is 1. The molecular weight excluding hydrogens is 242 g/mol. The van der Waals surface area contributed by atoms with Crippen molar-refractivity contribution in [1.82, 2.24) is 5.32 Å². The van der Waals surface area contributed by atoms with Crippen molar-refractivity contribution < 1.29 is 30.0 Å². The monoisotopic (exact) mass is 255 g/mol. The van der Waals surface area contributed by atoms with E-state index in [2.05, 4.69) is 5.32 Å². The predicted octanol–water partition coefficient (Wildman–Crippen LogP) is -0.337. The number of amides is 1.